The summed E-state index contributed by atoms with van der Waals surface area (Å²) < 4.78 is 11.2. The van der Waals surface area contributed by atoms with Crippen LogP contribution in [0.5, 0.6) is 11.5 Å². The lowest BCUT2D eigenvalue weighted by Crippen LogP contribution is -2.57. The number of aliphatic hydroxyl groups excluding tert-OH is 1. The highest BCUT2D eigenvalue weighted by Crippen LogP contribution is 2.45. The summed E-state index contributed by atoms with van der Waals surface area (Å²) in [6.45, 7) is 20.3. The lowest BCUT2D eigenvalue weighted by Gasteiger charge is -2.36. The molecule has 2 spiro atoms. The van der Waals surface area contributed by atoms with Crippen LogP contribution in [0.2, 0.25) is 10.0 Å². The molecule has 562 valence electrons. The Bertz CT molecular complexity index is 3410. The van der Waals surface area contributed by atoms with Crippen LogP contribution < -0.4 is 20.1 Å². The summed E-state index contributed by atoms with van der Waals surface area (Å²) in [5.41, 5.74) is -0.458. The van der Waals surface area contributed by atoms with E-state index in [1.807, 2.05) is 81.4 Å². The number of aliphatic hydroxyl groups is 1. The summed E-state index contributed by atoms with van der Waals surface area (Å²) in [7, 11) is 0. The van der Waals surface area contributed by atoms with Crippen LogP contribution in [0.3, 0.4) is 0 Å². The summed E-state index contributed by atoms with van der Waals surface area (Å²) in [4.78, 5) is 139. The second kappa shape index (κ2) is 35.2. The van der Waals surface area contributed by atoms with Gasteiger partial charge in [0.2, 0.25) is 29.4 Å². The number of likely N-dealkylation sites (tertiary alicyclic amines) is 2. The Kier molecular flexibility index (Phi) is 27.6. The number of ketones is 5. The van der Waals surface area contributed by atoms with E-state index in [9.17, 15) is 48.3 Å². The summed E-state index contributed by atoms with van der Waals surface area (Å²) in [6, 6.07) is 7.29. The molecule has 4 aliphatic heterocycles. The predicted molar refractivity (Wildman–Crippen MR) is 392 cm³/mol. The third-order valence-corrected chi connectivity index (χ3v) is 22.7. The average Bonchev–Trinajstić information content (AvgIpc) is 1.58. The van der Waals surface area contributed by atoms with Crippen molar-refractivity contribution in [3.8, 4) is 11.5 Å². The van der Waals surface area contributed by atoms with Gasteiger partial charge in [-0.2, -0.15) is 0 Å². The molecule has 4 aliphatic carbocycles. The summed E-state index contributed by atoms with van der Waals surface area (Å²) >= 11 is 13.0. The van der Waals surface area contributed by atoms with Gasteiger partial charge in [0.25, 0.3) is 0 Å². The zero-order chi connectivity index (χ0) is 73.8. The van der Waals surface area contributed by atoms with Crippen LogP contribution >= 0.6 is 23.2 Å². The normalized spacial score (nSPS) is 23.7. The van der Waals surface area contributed by atoms with Crippen LogP contribution in [-0.2, 0) is 52.8 Å². The Balaban J connectivity index is 0.000000237. The molecule has 102 heavy (non-hydrogen) atoms. The fourth-order valence-corrected chi connectivity index (χ4v) is 16.5. The van der Waals surface area contributed by atoms with Gasteiger partial charge < -0.3 is 44.7 Å². The molecule has 20 nitrogen and oxygen atoms in total. The summed E-state index contributed by atoms with van der Waals surface area (Å²) in [5, 5.41) is 27.0. The molecule has 4 heterocycles. The van der Waals surface area contributed by atoms with Gasteiger partial charge in [-0.05, 0) is 155 Å². The maximum absolute atomic E-state index is 14.7. The number of ether oxygens (including phenoxy) is 2. The third-order valence-electron chi connectivity index (χ3n) is 22.1. The topological polar surface area (TPSA) is 266 Å². The van der Waals surface area contributed by atoms with Crippen molar-refractivity contribution in [1.29, 1.82) is 0 Å². The first kappa shape index (κ1) is 79.9. The monoisotopic (exact) mass is 1450 g/mol. The number of benzene rings is 2. The van der Waals surface area contributed by atoms with Crippen LogP contribution in [0, 0.1) is 46.3 Å². The molecule has 9 atom stereocenters. The molecule has 6 fully saturated rings. The highest BCUT2D eigenvalue weighted by atomic mass is 35.5. The number of nitrogens with one attached hydrogen (secondary N) is 2. The zero-order valence-corrected chi connectivity index (χ0v) is 63.8. The fraction of sp³-hybridized carbons (Fsp3) is 0.713. The summed E-state index contributed by atoms with van der Waals surface area (Å²) in [6.07, 6.45) is 18.0. The molecule has 4 saturated carbocycles. The van der Waals surface area contributed by atoms with Crippen molar-refractivity contribution in [2.24, 2.45) is 56.6 Å². The number of nitrogens with zero attached hydrogens (tertiary/aromatic N) is 4. The maximum Gasteiger partial charge on any atom is 0.246 e. The number of halogens is 2. The van der Waals surface area contributed by atoms with E-state index in [1.54, 1.807) is 34.1 Å². The molecule has 2 aromatic carbocycles. The number of carbonyl (C=O) groups excluding carboxylic acids is 9. The number of rotatable bonds is 32. The fourth-order valence-electron chi connectivity index (χ4n) is 16.0. The van der Waals surface area contributed by atoms with Crippen LogP contribution in [0.1, 0.15) is 260 Å². The highest BCUT2D eigenvalue weighted by molar-refractivity contribution is 6.38. The van der Waals surface area contributed by atoms with Crippen molar-refractivity contribution in [2.45, 2.75) is 290 Å². The van der Waals surface area contributed by atoms with Crippen molar-refractivity contribution in [2.75, 3.05) is 26.3 Å². The second-order valence-corrected chi connectivity index (χ2v) is 33.8. The number of hydrogen-bond donors (Lipinski definition) is 3. The Morgan fingerprint density at radius 2 is 0.980 bits per heavy atom. The van der Waals surface area contributed by atoms with Gasteiger partial charge in [-0.15, -0.1) is 0 Å². The SMILES string of the molecule is CCC[C@H](CC(=O)[C@@H]1C[C@]2(CC(c3ccc(OCC)c(Cl)c3)=NO2)CN1C(=O)[C@@H](NC(=O)CC1CCCCC1)C(C)(C)C)C(=O)C(=O)CC1CC1.CCC[C@H](CC(=O)[C@@H]1C[C@]2(CC(c3ccc(OCC)c(Cl)c3)=NO2)CN1C(=O)[C@@H](NC(=O)CC1CCCCC1)C(C)(C)C)C(O)C(=O)CC1CC1. The minimum absolute atomic E-state index is 0.0353. The number of carbonyl (C=O) groups is 9. The van der Waals surface area contributed by atoms with E-state index in [1.165, 1.54) is 12.8 Å². The smallest absolute Gasteiger partial charge is 0.246 e. The Morgan fingerprint density at radius 1 is 0.569 bits per heavy atom. The molecule has 0 bridgehead atoms. The average molecular weight is 1450 g/mol. The van der Waals surface area contributed by atoms with E-state index < -0.39 is 75.7 Å². The lowest BCUT2D eigenvalue weighted by molar-refractivity contribution is -0.145. The van der Waals surface area contributed by atoms with Gasteiger partial charge in [-0.25, -0.2) is 0 Å². The molecule has 3 N–H and O–H groups in total. The van der Waals surface area contributed by atoms with Crippen LogP contribution in [0.25, 0.3) is 0 Å². The minimum atomic E-state index is -1.22. The minimum Gasteiger partial charge on any atom is -0.492 e. The van der Waals surface area contributed by atoms with Crippen molar-refractivity contribution in [3.63, 3.8) is 0 Å². The van der Waals surface area contributed by atoms with Crippen molar-refractivity contribution < 1.29 is 67.4 Å². The zero-order valence-electron chi connectivity index (χ0n) is 62.2. The molecule has 10 rings (SSSR count). The van der Waals surface area contributed by atoms with Crippen molar-refractivity contribution >= 4 is 87.2 Å². The van der Waals surface area contributed by atoms with Gasteiger partial charge in [0.15, 0.2) is 34.3 Å². The number of amides is 4. The van der Waals surface area contributed by atoms with E-state index in [2.05, 4.69) is 20.9 Å². The number of oxime groups is 2. The Labute approximate surface area is 614 Å². The van der Waals surface area contributed by atoms with E-state index in [0.29, 0.717) is 122 Å². The maximum atomic E-state index is 14.7. The van der Waals surface area contributed by atoms with E-state index in [4.69, 9.17) is 42.4 Å². The Hall–Kier alpha value is -6.25. The van der Waals surface area contributed by atoms with E-state index in [0.717, 1.165) is 88.2 Å². The van der Waals surface area contributed by atoms with Gasteiger partial charge in [0, 0.05) is 81.3 Å². The molecule has 0 radical (unpaired) electrons. The first-order valence-corrected chi connectivity index (χ1v) is 39.1. The predicted octanol–water partition coefficient (Wildman–Crippen LogP) is 13.8. The number of Topliss-reactive ketones (excluding diaryl/α,β-unsaturated/α-hetero) is 5. The molecule has 0 aromatic heterocycles. The highest BCUT2D eigenvalue weighted by Gasteiger charge is 2.58. The van der Waals surface area contributed by atoms with Gasteiger partial charge in [0.05, 0.1) is 59.9 Å². The third kappa shape index (κ3) is 21.0. The van der Waals surface area contributed by atoms with Crippen LogP contribution in [-0.4, -0.2) is 147 Å². The van der Waals surface area contributed by atoms with Gasteiger partial charge in [-0.1, -0.05) is 140 Å². The van der Waals surface area contributed by atoms with Gasteiger partial charge in [-0.3, -0.25) is 43.2 Å². The molecule has 8 aliphatic rings. The van der Waals surface area contributed by atoms with E-state index >= 15 is 0 Å². The first-order chi connectivity index (χ1) is 48.5. The van der Waals surface area contributed by atoms with Gasteiger partial charge >= 0.3 is 0 Å². The quantitative estimate of drug-likeness (QED) is 0.0575. The molecule has 4 amide bonds. The number of hydrogen-bond acceptors (Lipinski definition) is 16. The van der Waals surface area contributed by atoms with Crippen molar-refractivity contribution in [3.05, 3.63) is 57.6 Å². The molecular formula is C80H114Cl2N6O14. The lowest BCUT2D eigenvalue weighted by atomic mass is 9.83. The molecule has 22 heteroatoms. The van der Waals surface area contributed by atoms with Crippen LogP contribution in [0.15, 0.2) is 46.7 Å². The largest absolute Gasteiger partial charge is 0.492 e. The molecule has 1 unspecified atom stereocenters. The second-order valence-electron chi connectivity index (χ2n) is 33.0. The molecule has 2 aromatic rings. The Morgan fingerprint density at radius 3 is 1.37 bits per heavy atom. The van der Waals surface area contributed by atoms with Crippen LogP contribution in [0.4, 0.5) is 0 Å². The first-order valence-electron chi connectivity index (χ1n) is 38.3. The molecular weight excluding hydrogens is 1340 g/mol. The van der Waals surface area contributed by atoms with Gasteiger partial charge in [0.1, 0.15) is 29.7 Å². The van der Waals surface area contributed by atoms with Crippen molar-refractivity contribution in [1.82, 2.24) is 20.4 Å². The standard InChI is InChI=1S/C40H58ClN3O7.C40H56ClN3O7/c2*1-6-11-28(36(48)33(46)18-26-14-15-26)21-32(45)31-23-40(22-30(43-51-40)27-16-17-34(50-7-2)29(41)20-27)24-44(31)38(49)37(39(3,4)5)42-35(47)19-25-12-9-8-10-13-25/h16-17,20,25-26,28,31,36-37,48H,6-15,18-19,21-24H2,1-5H3,(H,42,47);16-17,20,25-26,28,31,37H,6-15,18-19,21-24H2,1-5H3,(H,42,47)/t28-,31+,36?,37-,40-;28-,31+,37-,40-/m11/s1. The summed E-state index contributed by atoms with van der Waals surface area (Å²) in [5.74, 6) is -1.57. The van der Waals surface area contributed by atoms with E-state index in [-0.39, 0.29) is 92.1 Å². The molecule has 2 saturated heterocycles.